The molecule has 0 atom stereocenters. The normalized spacial score (nSPS) is 11.7. The first-order chi connectivity index (χ1) is 14.2. The van der Waals surface area contributed by atoms with Crippen molar-refractivity contribution in [1.82, 2.24) is 10.6 Å². The zero-order chi connectivity index (χ0) is 22.1. The first kappa shape index (κ1) is 27.0. The summed E-state index contributed by atoms with van der Waals surface area (Å²) in [4.78, 5) is 3.94. The number of alkyl halides is 2. The van der Waals surface area contributed by atoms with E-state index in [9.17, 15) is 21.6 Å². The molecule has 0 aliphatic rings. The third kappa shape index (κ3) is 8.56. The van der Waals surface area contributed by atoms with Gasteiger partial charge in [-0.2, -0.15) is 8.78 Å². The number of aliphatic imine (C=N–C) groups is 1. The number of sulfone groups is 1. The molecule has 0 saturated heterocycles. The van der Waals surface area contributed by atoms with Gasteiger partial charge in [-0.1, -0.05) is 29.8 Å². The molecule has 0 radical (unpaired) electrons. The van der Waals surface area contributed by atoms with Crippen LogP contribution in [-0.4, -0.2) is 39.8 Å². The van der Waals surface area contributed by atoms with Crippen LogP contribution in [0.5, 0.6) is 5.75 Å². The van der Waals surface area contributed by atoms with E-state index in [1.165, 1.54) is 24.3 Å². The lowest BCUT2D eigenvalue weighted by Gasteiger charge is -2.13. The van der Waals surface area contributed by atoms with E-state index in [2.05, 4.69) is 20.4 Å². The van der Waals surface area contributed by atoms with Crippen LogP contribution in [0.15, 0.2) is 52.4 Å². The molecule has 0 saturated carbocycles. The Morgan fingerprint density at radius 3 is 2.52 bits per heavy atom. The van der Waals surface area contributed by atoms with Gasteiger partial charge in [0.05, 0.1) is 12.3 Å². The van der Waals surface area contributed by atoms with Crippen LogP contribution in [0, 0.1) is 12.7 Å². The molecule has 0 spiro atoms. The fourth-order valence-corrected chi connectivity index (χ4v) is 3.90. The molecular formula is C20H25F3IN3O3S. The smallest absolute Gasteiger partial charge is 0.387 e. The van der Waals surface area contributed by atoms with Crippen molar-refractivity contribution < 1.29 is 26.3 Å². The topological polar surface area (TPSA) is 79.8 Å². The molecule has 11 heteroatoms. The number of rotatable bonds is 9. The molecule has 0 aromatic heterocycles. The molecule has 0 unspecified atom stereocenters. The predicted molar refractivity (Wildman–Crippen MR) is 124 cm³/mol. The maximum absolute atomic E-state index is 13.8. The molecule has 2 aromatic carbocycles. The van der Waals surface area contributed by atoms with E-state index >= 15 is 0 Å². The van der Waals surface area contributed by atoms with Crippen LogP contribution in [0.2, 0.25) is 0 Å². The molecule has 31 heavy (non-hydrogen) atoms. The zero-order valence-electron chi connectivity index (χ0n) is 17.1. The van der Waals surface area contributed by atoms with Crippen LogP contribution >= 0.6 is 24.0 Å². The average molecular weight is 571 g/mol. The van der Waals surface area contributed by atoms with Crippen molar-refractivity contribution in [2.75, 3.05) is 18.8 Å². The monoisotopic (exact) mass is 571 g/mol. The Balaban J connectivity index is 0.00000480. The number of guanidine groups is 1. The highest BCUT2D eigenvalue weighted by Gasteiger charge is 2.18. The number of halogens is 4. The Morgan fingerprint density at radius 1 is 1.16 bits per heavy atom. The quantitative estimate of drug-likeness (QED) is 0.272. The van der Waals surface area contributed by atoms with E-state index < -0.39 is 22.3 Å². The molecular weight excluding hydrogens is 546 g/mol. The number of nitrogens with one attached hydrogen (secondary N) is 2. The van der Waals surface area contributed by atoms with Gasteiger partial charge in [0.15, 0.2) is 15.8 Å². The molecule has 0 fully saturated rings. The van der Waals surface area contributed by atoms with Gasteiger partial charge in [0.1, 0.15) is 16.5 Å². The molecule has 2 N–H and O–H groups in total. The molecule has 0 amide bonds. The molecule has 0 bridgehead atoms. The molecule has 0 heterocycles. The van der Waals surface area contributed by atoms with Gasteiger partial charge >= 0.3 is 6.61 Å². The second kappa shape index (κ2) is 12.7. The highest BCUT2D eigenvalue weighted by atomic mass is 127. The second-order valence-electron chi connectivity index (χ2n) is 6.36. The van der Waals surface area contributed by atoms with Crippen molar-refractivity contribution in [1.29, 1.82) is 0 Å². The van der Waals surface area contributed by atoms with Crippen molar-refractivity contribution in [3.8, 4) is 5.75 Å². The highest BCUT2D eigenvalue weighted by Crippen LogP contribution is 2.23. The summed E-state index contributed by atoms with van der Waals surface area (Å²) in [6, 6.07) is 9.97. The number of aryl methyl sites for hydroxylation is 1. The number of ether oxygens (including phenoxy) is 1. The summed E-state index contributed by atoms with van der Waals surface area (Å²) in [5, 5.41) is 5.81. The van der Waals surface area contributed by atoms with Gasteiger partial charge in [-0.3, -0.25) is 0 Å². The maximum Gasteiger partial charge on any atom is 0.387 e. The Morgan fingerprint density at radius 2 is 1.87 bits per heavy atom. The summed E-state index contributed by atoms with van der Waals surface area (Å²) in [5.74, 6) is -0.824. The van der Waals surface area contributed by atoms with Crippen LogP contribution < -0.4 is 15.4 Å². The highest BCUT2D eigenvalue weighted by molar-refractivity contribution is 14.0. The molecule has 0 aliphatic carbocycles. The van der Waals surface area contributed by atoms with Crippen molar-refractivity contribution in [2.45, 2.75) is 31.9 Å². The standard InChI is InChI=1S/C20H24F3N3O3S.HI/c1-3-24-20(25-10-11-30(27,28)18-7-5-4-6-16(18)21)26-13-15-12-14(2)8-9-17(15)29-19(22)23;/h4-9,12,19H,3,10-11,13H2,1-2H3,(H2,24,25,26);1H. The Bertz CT molecular complexity index is 989. The van der Waals surface area contributed by atoms with E-state index in [0.717, 1.165) is 11.6 Å². The van der Waals surface area contributed by atoms with Crippen LogP contribution in [0.25, 0.3) is 0 Å². The summed E-state index contributed by atoms with van der Waals surface area (Å²) < 4.78 is 68.1. The summed E-state index contributed by atoms with van der Waals surface area (Å²) in [7, 11) is -3.82. The van der Waals surface area contributed by atoms with Crippen LogP contribution in [0.4, 0.5) is 13.2 Å². The summed E-state index contributed by atoms with van der Waals surface area (Å²) in [6.45, 7) is 1.21. The van der Waals surface area contributed by atoms with E-state index in [-0.39, 0.29) is 53.5 Å². The minimum atomic E-state index is -3.82. The van der Waals surface area contributed by atoms with Crippen molar-refractivity contribution in [2.24, 2.45) is 4.99 Å². The SMILES string of the molecule is CCNC(=NCc1cc(C)ccc1OC(F)F)NCCS(=O)(=O)c1ccccc1F.I. The minimum Gasteiger partial charge on any atom is -0.434 e. The lowest BCUT2D eigenvalue weighted by Crippen LogP contribution is -2.39. The number of nitrogens with zero attached hydrogens (tertiary/aromatic N) is 1. The fraction of sp³-hybridized carbons (Fsp3) is 0.350. The fourth-order valence-electron chi connectivity index (χ4n) is 2.66. The second-order valence-corrected chi connectivity index (χ2v) is 8.44. The van der Waals surface area contributed by atoms with Gasteiger partial charge in [-0.15, -0.1) is 24.0 Å². The molecule has 0 aliphatic heterocycles. The average Bonchev–Trinajstić information content (AvgIpc) is 2.67. The van der Waals surface area contributed by atoms with E-state index in [1.54, 1.807) is 12.1 Å². The minimum absolute atomic E-state index is 0. The van der Waals surface area contributed by atoms with E-state index in [1.807, 2.05) is 13.8 Å². The summed E-state index contributed by atoms with van der Waals surface area (Å²) >= 11 is 0. The number of hydrogen-bond acceptors (Lipinski definition) is 4. The van der Waals surface area contributed by atoms with E-state index in [0.29, 0.717) is 18.1 Å². The van der Waals surface area contributed by atoms with Crippen LogP contribution in [-0.2, 0) is 16.4 Å². The van der Waals surface area contributed by atoms with Crippen LogP contribution in [0.3, 0.4) is 0 Å². The van der Waals surface area contributed by atoms with Gasteiger partial charge in [-0.25, -0.2) is 17.8 Å². The number of benzene rings is 2. The molecule has 2 rings (SSSR count). The zero-order valence-corrected chi connectivity index (χ0v) is 20.2. The number of hydrogen-bond donors (Lipinski definition) is 2. The molecule has 6 nitrogen and oxygen atoms in total. The summed E-state index contributed by atoms with van der Waals surface area (Å²) in [6.07, 6.45) is 0. The van der Waals surface area contributed by atoms with Crippen molar-refractivity contribution >= 4 is 39.8 Å². The largest absolute Gasteiger partial charge is 0.434 e. The predicted octanol–water partition coefficient (Wildman–Crippen LogP) is 3.88. The third-order valence-corrected chi connectivity index (χ3v) is 5.76. The van der Waals surface area contributed by atoms with Gasteiger partial charge in [-0.05, 0) is 32.0 Å². The maximum atomic E-state index is 13.8. The van der Waals surface area contributed by atoms with Crippen LogP contribution in [0.1, 0.15) is 18.1 Å². The first-order valence-corrected chi connectivity index (χ1v) is 10.9. The lowest BCUT2D eigenvalue weighted by molar-refractivity contribution is -0.0504. The van der Waals surface area contributed by atoms with Gasteiger partial charge < -0.3 is 15.4 Å². The third-order valence-electron chi connectivity index (χ3n) is 4.02. The van der Waals surface area contributed by atoms with Crippen molar-refractivity contribution in [3.63, 3.8) is 0 Å². The van der Waals surface area contributed by atoms with E-state index in [4.69, 9.17) is 0 Å². The van der Waals surface area contributed by atoms with Gasteiger partial charge in [0.2, 0.25) is 0 Å². The lowest BCUT2D eigenvalue weighted by atomic mass is 10.1. The Hall–Kier alpha value is -2.02. The summed E-state index contributed by atoms with van der Waals surface area (Å²) in [5.41, 5.74) is 1.32. The molecule has 2 aromatic rings. The van der Waals surface area contributed by atoms with Gasteiger partial charge in [0, 0.05) is 18.7 Å². The Kier molecular flexibility index (Phi) is 11.1. The Labute approximate surface area is 197 Å². The molecule has 172 valence electrons. The van der Waals surface area contributed by atoms with Crippen molar-refractivity contribution in [3.05, 3.63) is 59.4 Å². The van der Waals surface area contributed by atoms with Gasteiger partial charge in [0.25, 0.3) is 0 Å². The first-order valence-electron chi connectivity index (χ1n) is 9.26.